The van der Waals surface area contributed by atoms with E-state index in [4.69, 9.17) is 11.1 Å². The Bertz CT molecular complexity index is 1450. The van der Waals surface area contributed by atoms with Crippen molar-refractivity contribution in [3.05, 3.63) is 65.7 Å². The Labute approximate surface area is 264 Å². The van der Waals surface area contributed by atoms with Crippen molar-refractivity contribution in [3.63, 3.8) is 0 Å². The predicted octanol–water partition coefficient (Wildman–Crippen LogP) is 2.54. The summed E-state index contributed by atoms with van der Waals surface area (Å²) in [5.41, 5.74) is 6.71. The van der Waals surface area contributed by atoms with Gasteiger partial charge in [0.2, 0.25) is 21.8 Å². The van der Waals surface area contributed by atoms with E-state index in [2.05, 4.69) is 10.6 Å². The van der Waals surface area contributed by atoms with Crippen molar-refractivity contribution in [2.24, 2.45) is 5.73 Å². The topological polar surface area (TPSA) is 200 Å². The molecule has 1 fully saturated rings. The van der Waals surface area contributed by atoms with Crippen LogP contribution >= 0.6 is 0 Å². The average Bonchev–Trinajstić information content (AvgIpc) is 3.51. The zero-order chi connectivity index (χ0) is 33.0. The fourth-order valence-electron chi connectivity index (χ4n) is 5.31. The normalized spacial score (nSPS) is 16.4. The van der Waals surface area contributed by atoms with Gasteiger partial charge < -0.3 is 21.5 Å². The minimum Gasteiger partial charge on any atom is -0.480 e. The molecule has 0 radical (unpaired) electrons. The number of Topliss-reactive ketones (excluding diaryl/α,β-unsaturated/α-hetero) is 1. The van der Waals surface area contributed by atoms with Crippen LogP contribution in [0.5, 0.6) is 0 Å². The number of benzene rings is 2. The molecule has 0 bridgehead atoms. The van der Waals surface area contributed by atoms with Crippen molar-refractivity contribution >= 4 is 39.4 Å². The molecule has 45 heavy (non-hydrogen) atoms. The third-order valence-corrected chi connectivity index (χ3v) is 9.62. The minimum atomic E-state index is -3.93. The van der Waals surface area contributed by atoms with Gasteiger partial charge in [0.05, 0.1) is 16.8 Å². The Hall–Kier alpha value is -4.10. The Morgan fingerprint density at radius 1 is 0.978 bits per heavy atom. The number of amidine groups is 1. The summed E-state index contributed by atoms with van der Waals surface area (Å²) in [5.74, 6) is -2.20. The van der Waals surface area contributed by atoms with Gasteiger partial charge in [-0.1, -0.05) is 55.8 Å². The summed E-state index contributed by atoms with van der Waals surface area (Å²) in [6.07, 6.45) is 3.88. The zero-order valence-corrected chi connectivity index (χ0v) is 26.4. The van der Waals surface area contributed by atoms with Gasteiger partial charge in [0.25, 0.3) is 0 Å². The fraction of sp³-hybridized carbons (Fsp3) is 0.469. The second-order valence-electron chi connectivity index (χ2n) is 11.3. The summed E-state index contributed by atoms with van der Waals surface area (Å²) in [6, 6.07) is 11.6. The number of amides is 2. The molecular formula is C32H43N5O7S. The quantitative estimate of drug-likeness (QED) is 0.0929. The SMILES string of the molecule is CCCC(=O)N[C@H](CCCCC(=N)N)C(=O)Cc1ccc(C[C@H](NC(=O)[C@@H]2CCCN2S(=O)(=O)c2ccccc2)C(=O)O)cc1. The molecule has 2 aromatic carbocycles. The molecule has 2 aromatic rings. The number of carbonyl (C=O) groups is 4. The van der Waals surface area contributed by atoms with Gasteiger partial charge in [0.1, 0.15) is 12.1 Å². The molecule has 6 N–H and O–H groups in total. The van der Waals surface area contributed by atoms with Gasteiger partial charge in [-0.3, -0.25) is 19.8 Å². The number of nitrogens with one attached hydrogen (secondary N) is 3. The lowest BCUT2D eigenvalue weighted by Gasteiger charge is -2.25. The van der Waals surface area contributed by atoms with E-state index in [1.165, 1.54) is 12.1 Å². The largest absolute Gasteiger partial charge is 0.480 e. The lowest BCUT2D eigenvalue weighted by Crippen LogP contribution is -2.51. The molecule has 0 aliphatic carbocycles. The molecule has 2 amide bonds. The molecule has 1 saturated heterocycles. The van der Waals surface area contributed by atoms with Gasteiger partial charge in [0, 0.05) is 32.2 Å². The maximum atomic E-state index is 13.2. The molecule has 3 atom stereocenters. The number of aliphatic carboxylic acids is 1. The van der Waals surface area contributed by atoms with E-state index >= 15 is 0 Å². The van der Waals surface area contributed by atoms with Crippen LogP contribution in [0.1, 0.15) is 69.4 Å². The lowest BCUT2D eigenvalue weighted by molar-refractivity contribution is -0.142. The van der Waals surface area contributed by atoms with E-state index in [0.717, 1.165) is 4.31 Å². The van der Waals surface area contributed by atoms with Crippen LogP contribution < -0.4 is 16.4 Å². The fourth-order valence-corrected chi connectivity index (χ4v) is 6.99. The molecule has 0 spiro atoms. The van der Waals surface area contributed by atoms with Crippen LogP contribution in [0.25, 0.3) is 0 Å². The maximum absolute atomic E-state index is 13.2. The Morgan fingerprint density at radius 3 is 2.27 bits per heavy atom. The number of hydrogen-bond acceptors (Lipinski definition) is 7. The van der Waals surface area contributed by atoms with Crippen molar-refractivity contribution in [1.29, 1.82) is 5.41 Å². The molecule has 1 heterocycles. The number of nitrogens with two attached hydrogens (primary N) is 1. The number of sulfonamides is 1. The molecular weight excluding hydrogens is 598 g/mol. The highest BCUT2D eigenvalue weighted by Gasteiger charge is 2.40. The monoisotopic (exact) mass is 641 g/mol. The Morgan fingerprint density at radius 2 is 1.64 bits per heavy atom. The first-order valence-electron chi connectivity index (χ1n) is 15.2. The second-order valence-corrected chi connectivity index (χ2v) is 13.2. The smallest absolute Gasteiger partial charge is 0.326 e. The summed E-state index contributed by atoms with van der Waals surface area (Å²) in [5, 5.41) is 22.6. The van der Waals surface area contributed by atoms with E-state index in [1.807, 2.05) is 6.92 Å². The first-order valence-corrected chi connectivity index (χ1v) is 16.7. The molecule has 3 rings (SSSR count). The zero-order valence-electron chi connectivity index (χ0n) is 25.5. The summed E-state index contributed by atoms with van der Waals surface area (Å²) < 4.78 is 27.4. The van der Waals surface area contributed by atoms with E-state index in [1.54, 1.807) is 42.5 Å². The van der Waals surface area contributed by atoms with Crippen LogP contribution in [-0.2, 0) is 42.0 Å². The summed E-state index contributed by atoms with van der Waals surface area (Å²) >= 11 is 0. The van der Waals surface area contributed by atoms with Gasteiger partial charge in [0.15, 0.2) is 5.78 Å². The number of nitrogens with zero attached hydrogens (tertiary/aromatic N) is 1. The molecule has 0 saturated carbocycles. The molecule has 12 nitrogen and oxygen atoms in total. The number of ketones is 1. The van der Waals surface area contributed by atoms with Crippen LogP contribution in [0.2, 0.25) is 0 Å². The summed E-state index contributed by atoms with van der Waals surface area (Å²) in [7, 11) is -3.93. The molecule has 13 heteroatoms. The summed E-state index contributed by atoms with van der Waals surface area (Å²) in [4.78, 5) is 50.6. The van der Waals surface area contributed by atoms with Gasteiger partial charge in [-0.2, -0.15) is 4.31 Å². The third-order valence-electron chi connectivity index (χ3n) is 7.70. The highest BCUT2D eigenvalue weighted by Crippen LogP contribution is 2.26. The van der Waals surface area contributed by atoms with Crippen LogP contribution in [0.3, 0.4) is 0 Å². The van der Waals surface area contributed by atoms with Crippen LogP contribution in [-0.4, -0.2) is 71.9 Å². The van der Waals surface area contributed by atoms with Gasteiger partial charge in [-0.25, -0.2) is 13.2 Å². The van der Waals surface area contributed by atoms with Gasteiger partial charge in [-0.05, 0) is 55.4 Å². The lowest BCUT2D eigenvalue weighted by atomic mass is 9.97. The number of hydrogen-bond donors (Lipinski definition) is 5. The molecule has 1 aliphatic rings. The van der Waals surface area contributed by atoms with Crippen molar-refractivity contribution in [2.75, 3.05) is 6.54 Å². The molecule has 0 aromatic heterocycles. The molecule has 244 valence electrons. The number of carbonyl (C=O) groups excluding carboxylic acids is 3. The Kier molecular flexibility index (Phi) is 13.2. The van der Waals surface area contributed by atoms with E-state index < -0.39 is 40.0 Å². The van der Waals surface area contributed by atoms with E-state index in [-0.39, 0.29) is 48.2 Å². The average molecular weight is 642 g/mol. The predicted molar refractivity (Wildman–Crippen MR) is 169 cm³/mol. The number of rotatable bonds is 18. The van der Waals surface area contributed by atoms with Crippen LogP contribution in [0.15, 0.2) is 59.5 Å². The third kappa shape index (κ3) is 10.5. The number of carboxylic acids is 1. The van der Waals surface area contributed by atoms with Crippen LogP contribution in [0, 0.1) is 5.41 Å². The van der Waals surface area contributed by atoms with Crippen molar-refractivity contribution in [2.45, 2.75) is 94.2 Å². The van der Waals surface area contributed by atoms with Crippen LogP contribution in [0.4, 0.5) is 0 Å². The number of unbranched alkanes of at least 4 members (excludes halogenated alkanes) is 1. The van der Waals surface area contributed by atoms with Crippen molar-refractivity contribution in [3.8, 4) is 0 Å². The first-order chi connectivity index (χ1) is 21.4. The molecule has 1 aliphatic heterocycles. The standard InChI is InChI=1S/C32H43N5O7S/c1-2-9-30(39)35-25(12-6-7-14-29(33)34)28(38)21-23-17-15-22(16-18-23)20-26(32(41)42)36-31(40)27-13-8-19-37(27)45(43,44)24-10-4-3-5-11-24/h3-5,10-11,15-18,25-27H,2,6-9,12-14,19-21H2,1H3,(H3,33,34)(H,35,39)(H,36,40)(H,41,42)/t25-,26+,27+/m1/s1. The maximum Gasteiger partial charge on any atom is 0.326 e. The van der Waals surface area contributed by atoms with Gasteiger partial charge >= 0.3 is 5.97 Å². The van der Waals surface area contributed by atoms with Crippen molar-refractivity contribution in [1.82, 2.24) is 14.9 Å². The highest BCUT2D eigenvalue weighted by molar-refractivity contribution is 7.89. The van der Waals surface area contributed by atoms with Gasteiger partial charge in [-0.15, -0.1) is 0 Å². The number of carboxylic acid groups (broad SMARTS) is 1. The van der Waals surface area contributed by atoms with Crippen molar-refractivity contribution < 1.29 is 32.7 Å². The Balaban J connectivity index is 1.63. The minimum absolute atomic E-state index is 0.0424. The summed E-state index contributed by atoms with van der Waals surface area (Å²) in [6.45, 7) is 2.04. The first kappa shape index (κ1) is 35.4. The molecule has 0 unspecified atom stereocenters. The highest BCUT2D eigenvalue weighted by atomic mass is 32.2. The van der Waals surface area contributed by atoms with E-state index in [0.29, 0.717) is 56.1 Å². The van der Waals surface area contributed by atoms with E-state index in [9.17, 15) is 32.7 Å². The second kappa shape index (κ2) is 16.8.